The number of benzene rings is 2. The zero-order valence-electron chi connectivity index (χ0n) is 17.6. The largest absolute Gasteiger partial charge is 0.283 e. The molecule has 0 aliphatic heterocycles. The second kappa shape index (κ2) is 9.23. The molecule has 2 aromatic carbocycles. The fourth-order valence-electron chi connectivity index (χ4n) is 3.41. The van der Waals surface area contributed by atoms with Gasteiger partial charge in [-0.3, -0.25) is 24.3 Å². The highest BCUT2D eigenvalue weighted by Crippen LogP contribution is 2.21. The molecule has 2 heterocycles. The van der Waals surface area contributed by atoms with Gasteiger partial charge in [-0.15, -0.1) is 0 Å². The van der Waals surface area contributed by atoms with E-state index in [9.17, 15) is 19.7 Å². The van der Waals surface area contributed by atoms with Gasteiger partial charge in [0.2, 0.25) is 0 Å². The Bertz CT molecular complexity index is 1440. The number of amides is 1. The third-order valence-electron chi connectivity index (χ3n) is 4.99. The van der Waals surface area contributed by atoms with E-state index >= 15 is 0 Å². The molecular formula is C24H19N5O4. The molecule has 0 unspecified atom stereocenters. The lowest BCUT2D eigenvalue weighted by Gasteiger charge is -2.12. The number of carbonyl (C=O) groups is 1. The van der Waals surface area contributed by atoms with E-state index in [-0.39, 0.29) is 17.8 Å². The maximum atomic E-state index is 13.3. The fourth-order valence-corrected chi connectivity index (χ4v) is 3.41. The predicted molar refractivity (Wildman–Crippen MR) is 125 cm³/mol. The number of aryl methyl sites for hydroxylation is 1. The number of hydrazone groups is 1. The summed E-state index contributed by atoms with van der Waals surface area (Å²) in [5, 5.41) is 15.3. The van der Waals surface area contributed by atoms with Crippen LogP contribution in [0.15, 0.2) is 82.8 Å². The van der Waals surface area contributed by atoms with Crippen molar-refractivity contribution in [2.24, 2.45) is 5.10 Å². The molecule has 9 heteroatoms. The van der Waals surface area contributed by atoms with Crippen LogP contribution in [-0.2, 0) is 11.3 Å². The Hall–Kier alpha value is -4.66. The summed E-state index contributed by atoms with van der Waals surface area (Å²) in [6.45, 7) is 1.67. The van der Waals surface area contributed by atoms with Crippen molar-refractivity contribution in [3.8, 4) is 11.1 Å². The summed E-state index contributed by atoms with van der Waals surface area (Å²) in [5.74, 6) is -0.511. The third kappa shape index (κ3) is 4.82. The van der Waals surface area contributed by atoms with Gasteiger partial charge in [0, 0.05) is 29.3 Å². The second-order valence-corrected chi connectivity index (χ2v) is 7.38. The molecule has 9 nitrogen and oxygen atoms in total. The molecular weight excluding hydrogens is 422 g/mol. The lowest BCUT2D eigenvalue weighted by Crippen LogP contribution is -2.31. The highest BCUT2D eigenvalue weighted by molar-refractivity contribution is 5.85. The molecule has 0 saturated heterocycles. The van der Waals surface area contributed by atoms with Crippen molar-refractivity contribution in [3.05, 3.63) is 105 Å². The number of nitrogens with one attached hydrogen (secondary N) is 1. The van der Waals surface area contributed by atoms with Crippen molar-refractivity contribution in [1.82, 2.24) is 15.0 Å². The van der Waals surface area contributed by atoms with E-state index in [0.717, 1.165) is 16.5 Å². The van der Waals surface area contributed by atoms with E-state index in [4.69, 9.17) is 0 Å². The number of hydrogen-bond acceptors (Lipinski definition) is 6. The van der Waals surface area contributed by atoms with Crippen LogP contribution in [0.4, 0.5) is 5.69 Å². The zero-order chi connectivity index (χ0) is 23.4. The molecule has 0 radical (unpaired) electrons. The van der Waals surface area contributed by atoms with Crippen molar-refractivity contribution in [1.29, 1.82) is 0 Å². The Labute approximate surface area is 188 Å². The van der Waals surface area contributed by atoms with Gasteiger partial charge < -0.3 is 0 Å². The van der Waals surface area contributed by atoms with Crippen molar-refractivity contribution < 1.29 is 9.72 Å². The number of aromatic nitrogens is 2. The van der Waals surface area contributed by atoms with Crippen LogP contribution in [0.1, 0.15) is 11.1 Å². The third-order valence-corrected chi connectivity index (χ3v) is 4.99. The molecule has 4 rings (SSSR count). The molecule has 1 amide bonds. The lowest BCUT2D eigenvalue weighted by molar-refractivity contribution is -0.384. The van der Waals surface area contributed by atoms with Gasteiger partial charge in [-0.1, -0.05) is 29.8 Å². The molecule has 0 spiro atoms. The molecule has 0 aliphatic carbocycles. The number of non-ortho nitro benzene ring substituents is 1. The van der Waals surface area contributed by atoms with Crippen LogP contribution in [0.25, 0.3) is 22.2 Å². The van der Waals surface area contributed by atoms with Gasteiger partial charge in [0.1, 0.15) is 12.2 Å². The van der Waals surface area contributed by atoms with Gasteiger partial charge in [-0.05, 0) is 48.4 Å². The van der Waals surface area contributed by atoms with Gasteiger partial charge >= 0.3 is 0 Å². The first-order valence-electron chi connectivity index (χ1n) is 10.0. The van der Waals surface area contributed by atoms with Crippen LogP contribution in [0.2, 0.25) is 0 Å². The summed E-state index contributed by atoms with van der Waals surface area (Å²) >= 11 is 0. The quantitative estimate of drug-likeness (QED) is 0.279. The maximum Gasteiger partial charge on any atom is 0.269 e. The first-order chi connectivity index (χ1) is 15.9. The first-order valence-corrected chi connectivity index (χ1v) is 10.0. The molecule has 0 fully saturated rings. The van der Waals surface area contributed by atoms with E-state index < -0.39 is 10.8 Å². The van der Waals surface area contributed by atoms with E-state index in [1.165, 1.54) is 35.0 Å². The van der Waals surface area contributed by atoms with Crippen LogP contribution >= 0.6 is 0 Å². The number of nitro groups is 1. The van der Waals surface area contributed by atoms with Gasteiger partial charge in [-0.25, -0.2) is 10.4 Å². The van der Waals surface area contributed by atoms with E-state index in [0.29, 0.717) is 16.8 Å². The summed E-state index contributed by atoms with van der Waals surface area (Å²) in [5.41, 5.74) is 5.24. The Morgan fingerprint density at radius 1 is 1.15 bits per heavy atom. The predicted octanol–water partition coefficient (Wildman–Crippen LogP) is 3.43. The number of nitro benzene ring substituents is 1. The summed E-state index contributed by atoms with van der Waals surface area (Å²) in [4.78, 5) is 40.3. The molecule has 1 N–H and O–H groups in total. The Balaban J connectivity index is 1.60. The Morgan fingerprint density at radius 2 is 1.94 bits per heavy atom. The molecule has 2 aromatic heterocycles. The number of fused-ring (bicyclic) bond motifs is 1. The van der Waals surface area contributed by atoms with E-state index in [1.807, 2.05) is 37.3 Å². The minimum absolute atomic E-state index is 0.0385. The summed E-state index contributed by atoms with van der Waals surface area (Å²) in [6.07, 6.45) is 2.93. The summed E-state index contributed by atoms with van der Waals surface area (Å²) in [6, 6.07) is 18.7. The Kier molecular flexibility index (Phi) is 6.03. The van der Waals surface area contributed by atoms with Crippen molar-refractivity contribution in [3.63, 3.8) is 0 Å². The molecule has 0 aliphatic rings. The molecule has 0 bridgehead atoms. The molecule has 0 atom stereocenters. The van der Waals surface area contributed by atoms with Gasteiger partial charge in [0.25, 0.3) is 17.2 Å². The van der Waals surface area contributed by atoms with Gasteiger partial charge in [-0.2, -0.15) is 5.10 Å². The lowest BCUT2D eigenvalue weighted by atomic mass is 10.0. The molecule has 164 valence electrons. The molecule has 33 heavy (non-hydrogen) atoms. The number of carbonyl (C=O) groups excluding carboxylic acids is 1. The highest BCUT2D eigenvalue weighted by atomic mass is 16.6. The fraction of sp³-hybridized carbons (Fsp3) is 0.0833. The summed E-state index contributed by atoms with van der Waals surface area (Å²) in [7, 11) is 0. The molecule has 0 saturated carbocycles. The van der Waals surface area contributed by atoms with Crippen molar-refractivity contribution in [2.45, 2.75) is 13.5 Å². The van der Waals surface area contributed by atoms with E-state index in [2.05, 4.69) is 15.5 Å². The Morgan fingerprint density at radius 3 is 2.67 bits per heavy atom. The average Bonchev–Trinajstić information content (AvgIpc) is 2.81. The minimum Gasteiger partial charge on any atom is -0.283 e. The smallest absolute Gasteiger partial charge is 0.269 e. The molecule has 4 aromatic rings. The monoisotopic (exact) mass is 441 g/mol. The van der Waals surface area contributed by atoms with Gasteiger partial charge in [0.15, 0.2) is 0 Å². The SMILES string of the molecule is Cc1cccc(-c2cc3cccnc3n(CC(=O)N/N=C/c3ccc([N+](=O)[O-])cc3)c2=O)c1. The zero-order valence-corrected chi connectivity index (χ0v) is 17.6. The van der Waals surface area contributed by atoms with Crippen LogP contribution in [0.3, 0.4) is 0 Å². The second-order valence-electron chi connectivity index (χ2n) is 7.38. The number of pyridine rings is 2. The highest BCUT2D eigenvalue weighted by Gasteiger charge is 2.14. The number of rotatable bonds is 6. The average molecular weight is 441 g/mol. The van der Waals surface area contributed by atoms with Crippen LogP contribution < -0.4 is 11.0 Å². The van der Waals surface area contributed by atoms with Crippen LogP contribution in [-0.4, -0.2) is 26.6 Å². The first kappa shape index (κ1) is 21.6. The van der Waals surface area contributed by atoms with Crippen LogP contribution in [0.5, 0.6) is 0 Å². The number of nitrogens with zero attached hydrogens (tertiary/aromatic N) is 4. The van der Waals surface area contributed by atoms with Crippen molar-refractivity contribution in [2.75, 3.05) is 0 Å². The van der Waals surface area contributed by atoms with E-state index in [1.54, 1.807) is 18.3 Å². The standard InChI is InChI=1S/C24H19N5O4/c1-16-4-2-5-18(12-16)21-13-19-6-3-11-25-23(19)28(24(21)31)15-22(30)27-26-14-17-7-9-20(10-8-17)29(32)33/h2-14H,15H2,1H3,(H,27,30)/b26-14+. The summed E-state index contributed by atoms with van der Waals surface area (Å²) < 4.78 is 1.32. The maximum absolute atomic E-state index is 13.3. The topological polar surface area (TPSA) is 119 Å². The van der Waals surface area contributed by atoms with Gasteiger partial charge in [0.05, 0.1) is 11.1 Å². The number of hydrogen-bond donors (Lipinski definition) is 1. The van der Waals surface area contributed by atoms with Crippen molar-refractivity contribution >= 4 is 28.8 Å². The minimum atomic E-state index is -0.511. The van der Waals surface area contributed by atoms with Crippen LogP contribution in [0, 0.1) is 17.0 Å². The normalized spacial score (nSPS) is 11.1.